The molecule has 4 atom stereocenters. The first-order valence-electron chi connectivity index (χ1n) is 8.69. The Morgan fingerprint density at radius 3 is 2.20 bits per heavy atom. The van der Waals surface area contributed by atoms with Crippen molar-refractivity contribution >= 4 is 23.5 Å². The van der Waals surface area contributed by atoms with E-state index in [0.717, 1.165) is 12.8 Å². The molecule has 2 aliphatic carbocycles. The Hall–Kier alpha value is -2.43. The van der Waals surface area contributed by atoms with E-state index in [-0.39, 0.29) is 35.5 Å². The van der Waals surface area contributed by atoms with Crippen molar-refractivity contribution in [1.29, 1.82) is 0 Å². The van der Waals surface area contributed by atoms with Gasteiger partial charge in [0.15, 0.2) is 0 Å². The molecule has 3 aliphatic rings. The highest BCUT2D eigenvalue weighted by atomic mass is 16.5. The molecule has 1 saturated heterocycles. The molecular formula is C20H21NO4. The highest BCUT2D eigenvalue weighted by molar-refractivity contribution is 6.23. The van der Waals surface area contributed by atoms with E-state index < -0.39 is 5.97 Å². The lowest BCUT2D eigenvalue weighted by atomic mass is 9.81. The summed E-state index contributed by atoms with van der Waals surface area (Å²) in [4.78, 5) is 39.2. The molecule has 5 nitrogen and oxygen atoms in total. The maximum absolute atomic E-state index is 13.1. The Bertz CT molecular complexity index is 789. The molecule has 5 heteroatoms. The second-order valence-electron chi connectivity index (χ2n) is 7.35. The highest BCUT2D eigenvalue weighted by Gasteiger charge is 2.63. The van der Waals surface area contributed by atoms with Crippen LogP contribution in [0.1, 0.15) is 37.0 Å². The fourth-order valence-corrected chi connectivity index (χ4v) is 5.14. The molecular weight excluding hydrogens is 318 g/mol. The van der Waals surface area contributed by atoms with Gasteiger partial charge in [0.2, 0.25) is 11.8 Å². The number of carbonyl (C=O) groups is 3. The monoisotopic (exact) mass is 339 g/mol. The molecule has 0 spiro atoms. The number of carbonyl (C=O) groups excluding carboxylic acids is 3. The largest absolute Gasteiger partial charge is 0.465 e. The zero-order chi connectivity index (χ0) is 17.9. The first-order chi connectivity index (χ1) is 12.0. The van der Waals surface area contributed by atoms with E-state index in [4.69, 9.17) is 4.74 Å². The molecule has 0 N–H and O–H groups in total. The molecule has 130 valence electrons. The quantitative estimate of drug-likeness (QED) is 0.472. The van der Waals surface area contributed by atoms with E-state index in [0.29, 0.717) is 11.3 Å². The minimum absolute atomic E-state index is 0.122. The number of allylic oxidation sites excluding steroid dienone is 2. The predicted octanol–water partition coefficient (Wildman–Crippen LogP) is 2.96. The second kappa shape index (κ2) is 5.55. The molecule has 3 fully saturated rings. The number of anilines is 1. The smallest absolute Gasteiger partial charge is 0.337 e. The van der Waals surface area contributed by atoms with E-state index in [2.05, 4.69) is 13.8 Å². The fourth-order valence-electron chi connectivity index (χ4n) is 5.14. The minimum atomic E-state index is -0.479. The summed E-state index contributed by atoms with van der Waals surface area (Å²) >= 11 is 0. The van der Waals surface area contributed by atoms with E-state index in [1.54, 1.807) is 24.3 Å². The van der Waals surface area contributed by atoms with Crippen molar-refractivity contribution in [3.05, 3.63) is 41.0 Å². The van der Waals surface area contributed by atoms with Crippen LogP contribution in [0.4, 0.5) is 5.69 Å². The Balaban J connectivity index is 1.72. The van der Waals surface area contributed by atoms with Crippen LogP contribution >= 0.6 is 0 Å². The summed E-state index contributed by atoms with van der Waals surface area (Å²) in [5, 5.41) is 0. The van der Waals surface area contributed by atoms with Crippen LogP contribution in [-0.2, 0) is 14.3 Å². The Labute approximate surface area is 146 Å². The Morgan fingerprint density at radius 1 is 1.08 bits per heavy atom. The Kier molecular flexibility index (Phi) is 3.56. The molecule has 1 aliphatic heterocycles. The number of imide groups is 1. The number of amides is 2. The standard InChI is InChI=1S/C20H21NO4/c1-10(2)15-13-7-8-14(15)17-16(13)18(22)21(19(17)23)12-6-4-5-11(9-12)20(24)25-3/h4-6,9,13-14,16-17H,7-8H2,1-3H3/t13-,14+,16-,17-/m0/s1. The van der Waals surface area contributed by atoms with Gasteiger partial charge in [-0.2, -0.15) is 0 Å². The molecule has 0 aromatic heterocycles. The predicted molar refractivity (Wildman–Crippen MR) is 91.8 cm³/mol. The number of ether oxygens (including phenoxy) is 1. The third kappa shape index (κ3) is 2.11. The van der Waals surface area contributed by atoms with Gasteiger partial charge in [-0.05, 0) is 56.7 Å². The third-order valence-electron chi connectivity index (χ3n) is 5.96. The summed E-state index contributed by atoms with van der Waals surface area (Å²) in [6, 6.07) is 6.55. The Morgan fingerprint density at radius 2 is 1.68 bits per heavy atom. The highest BCUT2D eigenvalue weighted by Crippen LogP contribution is 2.60. The van der Waals surface area contributed by atoms with Crippen molar-refractivity contribution in [1.82, 2.24) is 0 Å². The SMILES string of the molecule is COC(=O)c1cccc(N2C(=O)[C@@H]3[C@@H](C2=O)[C@H]2CC[C@@H]3C2=C(C)C)c1. The first-order valence-corrected chi connectivity index (χ1v) is 8.69. The van der Waals surface area contributed by atoms with Crippen LogP contribution < -0.4 is 4.90 Å². The average Bonchev–Trinajstić information content (AvgIpc) is 3.24. The van der Waals surface area contributed by atoms with Gasteiger partial charge in [-0.15, -0.1) is 0 Å². The lowest BCUT2D eigenvalue weighted by Crippen LogP contribution is -2.33. The molecule has 2 amide bonds. The van der Waals surface area contributed by atoms with Crippen LogP contribution in [-0.4, -0.2) is 24.9 Å². The number of methoxy groups -OCH3 is 1. The zero-order valence-corrected chi connectivity index (χ0v) is 14.6. The van der Waals surface area contributed by atoms with Gasteiger partial charge in [-0.25, -0.2) is 9.69 Å². The number of fused-ring (bicyclic) bond motifs is 5. The number of nitrogens with zero attached hydrogens (tertiary/aromatic N) is 1. The van der Waals surface area contributed by atoms with E-state index >= 15 is 0 Å². The molecule has 25 heavy (non-hydrogen) atoms. The van der Waals surface area contributed by atoms with Gasteiger partial charge in [-0.3, -0.25) is 9.59 Å². The van der Waals surface area contributed by atoms with Crippen molar-refractivity contribution in [3.8, 4) is 0 Å². The first kappa shape index (κ1) is 16.1. The van der Waals surface area contributed by atoms with Gasteiger partial charge >= 0.3 is 5.97 Å². The molecule has 1 aromatic rings. The molecule has 1 aromatic carbocycles. The minimum Gasteiger partial charge on any atom is -0.465 e. The summed E-state index contributed by atoms with van der Waals surface area (Å²) in [5.74, 6) is -0.801. The van der Waals surface area contributed by atoms with Crippen molar-refractivity contribution in [3.63, 3.8) is 0 Å². The van der Waals surface area contributed by atoms with Gasteiger partial charge in [-0.1, -0.05) is 17.2 Å². The summed E-state index contributed by atoms with van der Waals surface area (Å²) in [6.07, 6.45) is 1.98. The van der Waals surface area contributed by atoms with E-state index in [1.165, 1.54) is 23.2 Å². The van der Waals surface area contributed by atoms with Gasteiger partial charge in [0, 0.05) is 0 Å². The van der Waals surface area contributed by atoms with E-state index in [9.17, 15) is 14.4 Å². The average molecular weight is 339 g/mol. The fraction of sp³-hybridized carbons (Fsp3) is 0.450. The third-order valence-corrected chi connectivity index (χ3v) is 5.96. The number of benzene rings is 1. The number of esters is 1. The molecule has 0 radical (unpaired) electrons. The molecule has 1 heterocycles. The summed E-state index contributed by atoms with van der Waals surface area (Å²) in [6.45, 7) is 4.16. The van der Waals surface area contributed by atoms with Crippen LogP contribution in [0.3, 0.4) is 0 Å². The normalized spacial score (nSPS) is 30.0. The van der Waals surface area contributed by atoms with Crippen molar-refractivity contribution in [2.75, 3.05) is 12.0 Å². The van der Waals surface area contributed by atoms with Gasteiger partial charge in [0.05, 0.1) is 30.2 Å². The van der Waals surface area contributed by atoms with Crippen molar-refractivity contribution in [2.45, 2.75) is 26.7 Å². The van der Waals surface area contributed by atoms with Crippen molar-refractivity contribution in [2.24, 2.45) is 23.7 Å². The summed E-state index contributed by atoms with van der Waals surface area (Å²) in [5.41, 5.74) is 3.39. The summed E-state index contributed by atoms with van der Waals surface area (Å²) < 4.78 is 4.73. The van der Waals surface area contributed by atoms with Crippen LogP contribution in [0.5, 0.6) is 0 Å². The molecule has 4 rings (SSSR count). The maximum atomic E-state index is 13.1. The maximum Gasteiger partial charge on any atom is 0.337 e. The molecule has 0 unspecified atom stereocenters. The van der Waals surface area contributed by atoms with Crippen molar-refractivity contribution < 1.29 is 19.1 Å². The van der Waals surface area contributed by atoms with Crippen LogP contribution in [0, 0.1) is 23.7 Å². The van der Waals surface area contributed by atoms with Crippen LogP contribution in [0.2, 0.25) is 0 Å². The second-order valence-corrected chi connectivity index (χ2v) is 7.35. The summed E-state index contributed by atoms with van der Waals surface area (Å²) in [7, 11) is 1.31. The molecule has 2 saturated carbocycles. The number of hydrogen-bond donors (Lipinski definition) is 0. The van der Waals surface area contributed by atoms with Gasteiger partial charge in [0.1, 0.15) is 0 Å². The zero-order valence-electron chi connectivity index (χ0n) is 14.6. The lowest BCUT2D eigenvalue weighted by molar-refractivity contribution is -0.123. The molecule has 2 bridgehead atoms. The number of hydrogen-bond acceptors (Lipinski definition) is 4. The topological polar surface area (TPSA) is 63.7 Å². The van der Waals surface area contributed by atoms with Crippen LogP contribution in [0.15, 0.2) is 35.4 Å². The number of rotatable bonds is 2. The van der Waals surface area contributed by atoms with E-state index in [1.807, 2.05) is 0 Å². The van der Waals surface area contributed by atoms with Gasteiger partial charge < -0.3 is 4.74 Å². The van der Waals surface area contributed by atoms with Gasteiger partial charge in [0.25, 0.3) is 0 Å². The lowest BCUT2D eigenvalue weighted by Gasteiger charge is -2.19. The van der Waals surface area contributed by atoms with Crippen LogP contribution in [0.25, 0.3) is 0 Å².